The van der Waals surface area contributed by atoms with Gasteiger partial charge >= 0.3 is 5.97 Å². The van der Waals surface area contributed by atoms with E-state index in [4.69, 9.17) is 9.15 Å². The molecule has 9 nitrogen and oxygen atoms in total. The van der Waals surface area contributed by atoms with Gasteiger partial charge in [-0.3, -0.25) is 14.9 Å². The lowest BCUT2D eigenvalue weighted by Gasteiger charge is -2.06. The molecular weight excluding hydrogens is 390 g/mol. The molecule has 1 N–H and O–H groups in total. The number of ether oxygens (including phenoxy) is 1. The quantitative estimate of drug-likeness (QED) is 0.218. The van der Waals surface area contributed by atoms with Gasteiger partial charge in [0.25, 0.3) is 11.6 Å². The van der Waals surface area contributed by atoms with E-state index in [0.717, 1.165) is 0 Å². The summed E-state index contributed by atoms with van der Waals surface area (Å²) in [4.78, 5) is 34.5. The monoisotopic (exact) mass is 407 g/mol. The number of carbonyl (C=O) groups excluding carboxylic acids is 2. The molecule has 0 bridgehead atoms. The van der Waals surface area contributed by atoms with Crippen LogP contribution in [0.3, 0.4) is 0 Å². The molecule has 0 fully saturated rings. The largest absolute Gasteiger partial charge is 0.469 e. The molecule has 0 saturated carbocycles. The zero-order chi connectivity index (χ0) is 21.7. The molecule has 0 atom stereocenters. The number of esters is 1. The van der Waals surface area contributed by atoms with Crippen LogP contribution >= 0.6 is 0 Å². The number of carbonyl (C=O) groups is 2. The fraction of sp³-hybridized carbons (Fsp3) is 0.0952. The van der Waals surface area contributed by atoms with Crippen molar-refractivity contribution in [1.82, 2.24) is 5.43 Å². The van der Waals surface area contributed by atoms with Gasteiger partial charge in [0.05, 0.1) is 28.5 Å². The third kappa shape index (κ3) is 4.76. The maximum atomic E-state index is 12.2. The highest BCUT2D eigenvalue weighted by Gasteiger charge is 2.15. The SMILES string of the molecule is Cc1cc(C(=O)Oc2ccc(/C=N\NC(=O)c3ccoc3C)cc2)ccc1[N+](=O)[O-]. The summed E-state index contributed by atoms with van der Waals surface area (Å²) in [7, 11) is 0. The van der Waals surface area contributed by atoms with Crippen molar-refractivity contribution in [3.63, 3.8) is 0 Å². The summed E-state index contributed by atoms with van der Waals surface area (Å²) < 4.78 is 10.3. The van der Waals surface area contributed by atoms with Gasteiger partial charge in [-0.25, -0.2) is 10.2 Å². The molecule has 0 saturated heterocycles. The molecule has 3 aromatic rings. The third-order valence-electron chi connectivity index (χ3n) is 4.20. The van der Waals surface area contributed by atoms with Crippen molar-refractivity contribution in [2.75, 3.05) is 0 Å². The van der Waals surface area contributed by atoms with E-state index in [2.05, 4.69) is 10.5 Å². The molecule has 0 aliphatic carbocycles. The van der Waals surface area contributed by atoms with Gasteiger partial charge in [-0.15, -0.1) is 0 Å². The maximum Gasteiger partial charge on any atom is 0.343 e. The van der Waals surface area contributed by atoms with Crippen LogP contribution in [0.5, 0.6) is 5.75 Å². The van der Waals surface area contributed by atoms with E-state index in [-0.39, 0.29) is 17.2 Å². The van der Waals surface area contributed by atoms with E-state index in [0.29, 0.717) is 28.2 Å². The minimum Gasteiger partial charge on any atom is -0.469 e. The lowest BCUT2D eigenvalue weighted by atomic mass is 10.1. The normalized spacial score (nSPS) is 10.7. The second kappa shape index (κ2) is 8.82. The van der Waals surface area contributed by atoms with Crippen molar-refractivity contribution in [1.29, 1.82) is 0 Å². The van der Waals surface area contributed by atoms with Gasteiger partial charge < -0.3 is 9.15 Å². The van der Waals surface area contributed by atoms with Crippen LogP contribution in [0.1, 0.15) is 37.6 Å². The van der Waals surface area contributed by atoms with E-state index in [1.807, 2.05) is 0 Å². The fourth-order valence-corrected chi connectivity index (χ4v) is 2.62. The minimum atomic E-state index is -0.628. The van der Waals surface area contributed by atoms with E-state index in [1.165, 1.54) is 30.7 Å². The van der Waals surface area contributed by atoms with E-state index >= 15 is 0 Å². The molecule has 152 valence electrons. The highest BCUT2D eigenvalue weighted by molar-refractivity contribution is 5.95. The average Bonchev–Trinajstić information content (AvgIpc) is 3.15. The molecule has 1 amide bonds. The second-order valence-electron chi connectivity index (χ2n) is 6.31. The number of nitrogens with zero attached hydrogens (tertiary/aromatic N) is 2. The van der Waals surface area contributed by atoms with Crippen molar-refractivity contribution in [2.24, 2.45) is 5.10 Å². The lowest BCUT2D eigenvalue weighted by Crippen LogP contribution is -2.17. The molecule has 0 aliphatic rings. The van der Waals surface area contributed by atoms with Crippen LogP contribution in [0.4, 0.5) is 5.69 Å². The van der Waals surface area contributed by atoms with Crippen LogP contribution in [0, 0.1) is 24.0 Å². The molecule has 1 aromatic heterocycles. The fourth-order valence-electron chi connectivity index (χ4n) is 2.62. The van der Waals surface area contributed by atoms with Crippen LogP contribution in [0.25, 0.3) is 0 Å². The minimum absolute atomic E-state index is 0.0646. The topological polar surface area (TPSA) is 124 Å². The first-order chi connectivity index (χ1) is 14.3. The van der Waals surface area contributed by atoms with Gasteiger partial charge in [0.15, 0.2) is 0 Å². The number of hydrogen-bond donors (Lipinski definition) is 1. The van der Waals surface area contributed by atoms with Crippen LogP contribution < -0.4 is 10.2 Å². The summed E-state index contributed by atoms with van der Waals surface area (Å²) in [5.74, 6) is -0.220. The molecule has 3 rings (SSSR count). The lowest BCUT2D eigenvalue weighted by molar-refractivity contribution is -0.385. The zero-order valence-electron chi connectivity index (χ0n) is 16.1. The van der Waals surface area contributed by atoms with Crippen molar-refractivity contribution >= 4 is 23.8 Å². The predicted molar refractivity (Wildman–Crippen MR) is 108 cm³/mol. The number of hydrazone groups is 1. The average molecular weight is 407 g/mol. The highest BCUT2D eigenvalue weighted by atomic mass is 16.6. The van der Waals surface area contributed by atoms with Gasteiger partial charge in [-0.1, -0.05) is 0 Å². The number of nitrogens with one attached hydrogen (secondary N) is 1. The molecule has 0 unspecified atom stereocenters. The smallest absolute Gasteiger partial charge is 0.343 e. The molecule has 0 spiro atoms. The number of rotatable bonds is 6. The first-order valence-corrected chi connectivity index (χ1v) is 8.80. The van der Waals surface area contributed by atoms with Gasteiger partial charge in [0.1, 0.15) is 11.5 Å². The Morgan fingerprint density at radius 3 is 2.47 bits per heavy atom. The number of nitro groups is 1. The molecule has 30 heavy (non-hydrogen) atoms. The summed E-state index contributed by atoms with van der Waals surface area (Å²) in [6.07, 6.45) is 2.87. The Kier molecular flexibility index (Phi) is 6.02. The van der Waals surface area contributed by atoms with Crippen LogP contribution in [0.15, 0.2) is 64.3 Å². The Bertz CT molecular complexity index is 1130. The Morgan fingerprint density at radius 1 is 1.13 bits per heavy atom. The van der Waals surface area contributed by atoms with Gasteiger partial charge in [-0.05, 0) is 61.9 Å². The first kappa shape index (κ1) is 20.5. The van der Waals surface area contributed by atoms with Crippen molar-refractivity contribution in [2.45, 2.75) is 13.8 Å². The van der Waals surface area contributed by atoms with Gasteiger partial charge in [0.2, 0.25) is 0 Å². The van der Waals surface area contributed by atoms with E-state index in [1.54, 1.807) is 44.2 Å². The molecule has 9 heteroatoms. The number of aryl methyl sites for hydroxylation is 2. The summed E-state index contributed by atoms with van der Waals surface area (Å²) in [6, 6.07) is 12.0. The zero-order valence-corrected chi connectivity index (χ0v) is 16.1. The maximum absolute atomic E-state index is 12.2. The highest BCUT2D eigenvalue weighted by Crippen LogP contribution is 2.20. The Morgan fingerprint density at radius 2 is 1.87 bits per heavy atom. The van der Waals surface area contributed by atoms with Gasteiger partial charge in [-0.2, -0.15) is 5.10 Å². The number of benzene rings is 2. The first-order valence-electron chi connectivity index (χ1n) is 8.80. The molecular formula is C21H17N3O6. The summed E-state index contributed by atoms with van der Waals surface area (Å²) in [5, 5.41) is 14.7. The van der Waals surface area contributed by atoms with E-state index in [9.17, 15) is 19.7 Å². The van der Waals surface area contributed by atoms with Crippen LogP contribution in [0.2, 0.25) is 0 Å². The van der Waals surface area contributed by atoms with Crippen molar-refractivity contribution in [3.8, 4) is 5.75 Å². The van der Waals surface area contributed by atoms with Crippen LogP contribution in [-0.4, -0.2) is 23.0 Å². The second-order valence-corrected chi connectivity index (χ2v) is 6.31. The standard InChI is InChI=1S/C21H17N3O6/c1-13-11-16(5-8-19(13)24(27)28)21(26)30-17-6-3-15(4-7-17)12-22-23-20(25)18-9-10-29-14(18)2/h3-12H,1-2H3,(H,23,25)/b22-12-. The number of furan rings is 1. The number of nitro benzene ring substituents is 1. The molecule has 0 aliphatic heterocycles. The van der Waals surface area contributed by atoms with E-state index < -0.39 is 10.9 Å². The summed E-state index contributed by atoms with van der Waals surface area (Å²) >= 11 is 0. The Labute approximate surface area is 171 Å². The summed E-state index contributed by atoms with van der Waals surface area (Å²) in [6.45, 7) is 3.23. The predicted octanol–water partition coefficient (Wildman–Crippen LogP) is 3.79. The van der Waals surface area contributed by atoms with Crippen molar-refractivity contribution in [3.05, 3.63) is 92.9 Å². The molecule has 1 heterocycles. The van der Waals surface area contributed by atoms with Crippen molar-refractivity contribution < 1.29 is 23.7 Å². The molecule has 0 radical (unpaired) electrons. The van der Waals surface area contributed by atoms with Gasteiger partial charge in [0, 0.05) is 11.6 Å². The Hall–Kier alpha value is -4.27. The number of amides is 1. The third-order valence-corrected chi connectivity index (χ3v) is 4.20. The summed E-state index contributed by atoms with van der Waals surface area (Å²) in [5.41, 5.74) is 3.98. The molecule has 2 aromatic carbocycles. The Balaban J connectivity index is 1.59. The van der Waals surface area contributed by atoms with Crippen LogP contribution in [-0.2, 0) is 0 Å². The number of hydrogen-bond acceptors (Lipinski definition) is 7.